The molecule has 158 valence electrons. The molecule has 7 heteroatoms. The van der Waals surface area contributed by atoms with E-state index in [1.54, 1.807) is 30.0 Å². The van der Waals surface area contributed by atoms with Crippen molar-refractivity contribution in [2.24, 2.45) is 0 Å². The summed E-state index contributed by atoms with van der Waals surface area (Å²) in [5, 5.41) is 7.51. The van der Waals surface area contributed by atoms with E-state index in [1.807, 2.05) is 37.3 Å². The highest BCUT2D eigenvalue weighted by Gasteiger charge is 2.22. The molecule has 0 aliphatic heterocycles. The first-order valence-electron chi connectivity index (χ1n) is 9.98. The van der Waals surface area contributed by atoms with Gasteiger partial charge in [-0.05, 0) is 37.1 Å². The second-order valence-electron chi connectivity index (χ2n) is 6.71. The molecule has 1 N–H and O–H groups in total. The van der Waals surface area contributed by atoms with Gasteiger partial charge in [0.1, 0.15) is 0 Å². The van der Waals surface area contributed by atoms with Gasteiger partial charge in [-0.25, -0.2) is 9.07 Å². The lowest BCUT2D eigenvalue weighted by Crippen LogP contribution is -2.27. The van der Waals surface area contributed by atoms with E-state index in [4.69, 9.17) is 14.6 Å². The first-order valence-corrected chi connectivity index (χ1v) is 9.98. The van der Waals surface area contributed by atoms with E-state index in [0.29, 0.717) is 31.9 Å². The standard InChI is InChI=1S/C23H26FN3O3/c1-3-20-18(13-14-22(28)25-15-16-29-2)23(30-21-12-8-7-11-19(21)24)27(26-20)17-9-5-4-6-10-17/h4-12H,3,13-16H2,1-2H3,(H,25,28). The molecule has 1 aromatic heterocycles. The number of hydrogen-bond donors (Lipinski definition) is 1. The van der Waals surface area contributed by atoms with E-state index in [1.165, 1.54) is 6.07 Å². The molecule has 0 aliphatic rings. The SMILES string of the molecule is CCc1nn(-c2ccccc2)c(Oc2ccccc2F)c1CCC(=O)NCCOC. The Morgan fingerprint density at radius 3 is 2.57 bits per heavy atom. The molecule has 0 aliphatic carbocycles. The van der Waals surface area contributed by atoms with E-state index in [2.05, 4.69) is 5.32 Å². The second-order valence-corrected chi connectivity index (χ2v) is 6.71. The average molecular weight is 411 g/mol. The van der Waals surface area contributed by atoms with Gasteiger partial charge in [0.05, 0.1) is 18.0 Å². The summed E-state index contributed by atoms with van der Waals surface area (Å²) < 4.78 is 26.9. The van der Waals surface area contributed by atoms with Crippen LogP contribution in [0.15, 0.2) is 54.6 Å². The Morgan fingerprint density at radius 2 is 1.87 bits per heavy atom. The third kappa shape index (κ3) is 5.24. The Morgan fingerprint density at radius 1 is 1.13 bits per heavy atom. The van der Waals surface area contributed by atoms with Crippen molar-refractivity contribution in [3.63, 3.8) is 0 Å². The number of aromatic nitrogens is 2. The van der Waals surface area contributed by atoms with E-state index in [9.17, 15) is 9.18 Å². The van der Waals surface area contributed by atoms with Gasteiger partial charge in [-0.15, -0.1) is 0 Å². The first-order chi connectivity index (χ1) is 14.6. The Bertz CT molecular complexity index is 973. The van der Waals surface area contributed by atoms with E-state index in [-0.39, 0.29) is 18.1 Å². The zero-order valence-electron chi connectivity index (χ0n) is 17.2. The molecule has 6 nitrogen and oxygen atoms in total. The van der Waals surface area contributed by atoms with Crippen LogP contribution in [-0.2, 0) is 22.4 Å². The van der Waals surface area contributed by atoms with Crippen molar-refractivity contribution in [2.45, 2.75) is 26.2 Å². The second kappa shape index (κ2) is 10.5. The minimum atomic E-state index is -0.459. The summed E-state index contributed by atoms with van der Waals surface area (Å²) in [6, 6.07) is 15.8. The van der Waals surface area contributed by atoms with Crippen LogP contribution in [0.4, 0.5) is 4.39 Å². The summed E-state index contributed by atoms with van der Waals surface area (Å²) in [7, 11) is 1.59. The molecule has 0 saturated heterocycles. The van der Waals surface area contributed by atoms with Gasteiger partial charge in [0.15, 0.2) is 11.6 Å². The molecule has 1 heterocycles. The Kier molecular flexibility index (Phi) is 7.57. The van der Waals surface area contributed by atoms with Gasteiger partial charge >= 0.3 is 0 Å². The highest BCUT2D eigenvalue weighted by atomic mass is 19.1. The molecule has 0 atom stereocenters. The number of halogens is 1. The summed E-state index contributed by atoms with van der Waals surface area (Å²) in [4.78, 5) is 12.2. The molecule has 1 amide bonds. The van der Waals surface area contributed by atoms with E-state index in [0.717, 1.165) is 16.9 Å². The minimum Gasteiger partial charge on any atom is -0.436 e. The van der Waals surface area contributed by atoms with Gasteiger partial charge in [0.25, 0.3) is 0 Å². The van der Waals surface area contributed by atoms with Gasteiger partial charge in [0, 0.05) is 25.6 Å². The number of ether oxygens (including phenoxy) is 2. The molecule has 30 heavy (non-hydrogen) atoms. The van der Waals surface area contributed by atoms with Crippen LogP contribution < -0.4 is 10.1 Å². The van der Waals surface area contributed by atoms with Gasteiger partial charge in [-0.3, -0.25) is 4.79 Å². The molecule has 0 radical (unpaired) electrons. The number of carbonyl (C=O) groups is 1. The van der Waals surface area contributed by atoms with Crippen LogP contribution in [0.2, 0.25) is 0 Å². The van der Waals surface area contributed by atoms with Crippen LogP contribution in [0.25, 0.3) is 5.69 Å². The van der Waals surface area contributed by atoms with Crippen LogP contribution in [0, 0.1) is 5.82 Å². The summed E-state index contributed by atoms with van der Waals surface area (Å²) in [5.74, 6) is -0.00565. The summed E-state index contributed by atoms with van der Waals surface area (Å²) in [6.45, 7) is 2.91. The third-order valence-corrected chi connectivity index (χ3v) is 4.63. The lowest BCUT2D eigenvalue weighted by atomic mass is 10.1. The van der Waals surface area contributed by atoms with Crippen LogP contribution >= 0.6 is 0 Å². The van der Waals surface area contributed by atoms with Crippen molar-refractivity contribution < 1.29 is 18.7 Å². The predicted molar refractivity (Wildman–Crippen MR) is 113 cm³/mol. The van der Waals surface area contributed by atoms with Crippen molar-refractivity contribution >= 4 is 5.91 Å². The molecule has 0 unspecified atom stereocenters. The Labute approximate surface area is 175 Å². The number of amides is 1. The summed E-state index contributed by atoms with van der Waals surface area (Å²) >= 11 is 0. The molecule has 0 spiro atoms. The number of aryl methyl sites for hydroxylation is 1. The van der Waals surface area contributed by atoms with Crippen molar-refractivity contribution in [1.82, 2.24) is 15.1 Å². The number of para-hydroxylation sites is 2. The fraction of sp³-hybridized carbons (Fsp3) is 0.304. The summed E-state index contributed by atoms with van der Waals surface area (Å²) in [6.07, 6.45) is 1.36. The number of rotatable bonds is 10. The van der Waals surface area contributed by atoms with Gasteiger partial charge < -0.3 is 14.8 Å². The number of nitrogens with zero attached hydrogens (tertiary/aromatic N) is 2. The number of benzene rings is 2. The van der Waals surface area contributed by atoms with Crippen LogP contribution in [0.5, 0.6) is 11.6 Å². The number of hydrogen-bond acceptors (Lipinski definition) is 4. The van der Waals surface area contributed by atoms with Gasteiger partial charge in [-0.1, -0.05) is 37.3 Å². The zero-order chi connectivity index (χ0) is 21.3. The predicted octanol–water partition coefficient (Wildman–Crippen LogP) is 4.06. The third-order valence-electron chi connectivity index (χ3n) is 4.63. The van der Waals surface area contributed by atoms with Crippen LogP contribution in [0.3, 0.4) is 0 Å². The number of nitrogens with one attached hydrogen (secondary N) is 1. The number of methoxy groups -OCH3 is 1. The monoisotopic (exact) mass is 411 g/mol. The maximum atomic E-state index is 14.3. The molecular weight excluding hydrogens is 385 g/mol. The maximum Gasteiger partial charge on any atom is 0.226 e. The molecular formula is C23H26FN3O3. The molecule has 0 saturated carbocycles. The fourth-order valence-electron chi connectivity index (χ4n) is 3.11. The smallest absolute Gasteiger partial charge is 0.226 e. The van der Waals surface area contributed by atoms with Crippen molar-refractivity contribution in [3.05, 3.63) is 71.7 Å². The Balaban J connectivity index is 1.94. The molecule has 3 aromatic rings. The van der Waals surface area contributed by atoms with Gasteiger partial charge in [0.2, 0.25) is 11.8 Å². The largest absolute Gasteiger partial charge is 0.436 e. The van der Waals surface area contributed by atoms with E-state index < -0.39 is 5.82 Å². The highest BCUT2D eigenvalue weighted by molar-refractivity contribution is 5.76. The summed E-state index contributed by atoms with van der Waals surface area (Å²) in [5.41, 5.74) is 2.41. The lowest BCUT2D eigenvalue weighted by Gasteiger charge is -2.12. The first kappa shape index (κ1) is 21.5. The molecule has 3 rings (SSSR count). The van der Waals surface area contributed by atoms with Crippen LogP contribution in [-0.4, -0.2) is 35.9 Å². The quantitative estimate of drug-likeness (QED) is 0.511. The zero-order valence-corrected chi connectivity index (χ0v) is 17.2. The van der Waals surface area contributed by atoms with Crippen molar-refractivity contribution in [3.8, 4) is 17.3 Å². The highest BCUT2D eigenvalue weighted by Crippen LogP contribution is 2.33. The molecule has 2 aromatic carbocycles. The lowest BCUT2D eigenvalue weighted by molar-refractivity contribution is -0.121. The topological polar surface area (TPSA) is 65.4 Å². The van der Waals surface area contributed by atoms with Crippen LogP contribution in [0.1, 0.15) is 24.6 Å². The molecule has 0 fully saturated rings. The van der Waals surface area contributed by atoms with E-state index >= 15 is 0 Å². The average Bonchev–Trinajstić information content (AvgIpc) is 3.12. The maximum absolute atomic E-state index is 14.3. The van der Waals surface area contributed by atoms with Crippen molar-refractivity contribution in [2.75, 3.05) is 20.3 Å². The van der Waals surface area contributed by atoms with Crippen molar-refractivity contribution in [1.29, 1.82) is 0 Å². The normalized spacial score (nSPS) is 10.8. The molecule has 0 bridgehead atoms. The Hall–Kier alpha value is -3.19. The van der Waals surface area contributed by atoms with Gasteiger partial charge in [-0.2, -0.15) is 5.10 Å². The fourth-order valence-corrected chi connectivity index (χ4v) is 3.11. The minimum absolute atomic E-state index is 0.0848. The number of carbonyl (C=O) groups excluding carboxylic acids is 1.